The van der Waals surface area contributed by atoms with E-state index in [1.807, 2.05) is 84.0 Å². The quantitative estimate of drug-likeness (QED) is 0.838. The highest BCUT2D eigenvalue weighted by Gasteiger charge is 2.55. The molecule has 130 valence electrons. The fourth-order valence-electron chi connectivity index (χ4n) is 3.50. The lowest BCUT2D eigenvalue weighted by atomic mass is 9.60. The molecule has 0 spiro atoms. The van der Waals surface area contributed by atoms with Crippen molar-refractivity contribution in [3.63, 3.8) is 0 Å². The number of benzene rings is 1. The molecule has 2 rings (SSSR count). The van der Waals surface area contributed by atoms with Crippen LogP contribution in [0.1, 0.15) is 47.1 Å². The van der Waals surface area contributed by atoms with E-state index in [2.05, 4.69) is 0 Å². The SMILES string of the molecule is CC(C)(C)C1=CC(c2ccccc2)=CC(C(C)(C)C)C1(O)C(=O)O. The zero-order valence-corrected chi connectivity index (χ0v) is 15.4. The molecule has 0 bridgehead atoms. The lowest BCUT2D eigenvalue weighted by Gasteiger charge is -2.46. The Morgan fingerprint density at radius 1 is 1.04 bits per heavy atom. The third-order valence-corrected chi connectivity index (χ3v) is 4.68. The summed E-state index contributed by atoms with van der Waals surface area (Å²) in [7, 11) is 0. The van der Waals surface area contributed by atoms with Crippen molar-refractivity contribution in [1.29, 1.82) is 0 Å². The summed E-state index contributed by atoms with van der Waals surface area (Å²) in [6.45, 7) is 11.7. The molecule has 1 aliphatic rings. The number of aliphatic hydroxyl groups is 1. The maximum absolute atomic E-state index is 12.1. The minimum absolute atomic E-state index is 0.405. The van der Waals surface area contributed by atoms with Crippen LogP contribution in [0.2, 0.25) is 0 Å². The van der Waals surface area contributed by atoms with Crippen molar-refractivity contribution >= 4 is 11.5 Å². The van der Waals surface area contributed by atoms with Gasteiger partial charge in [-0.15, -0.1) is 0 Å². The summed E-state index contributed by atoms with van der Waals surface area (Å²) >= 11 is 0. The number of carboxylic acids is 1. The average Bonchev–Trinajstić information content (AvgIpc) is 2.45. The van der Waals surface area contributed by atoms with Crippen LogP contribution in [0.5, 0.6) is 0 Å². The number of rotatable bonds is 2. The number of carbonyl (C=O) groups is 1. The average molecular weight is 328 g/mol. The predicted molar refractivity (Wildman–Crippen MR) is 97.5 cm³/mol. The summed E-state index contributed by atoms with van der Waals surface area (Å²) in [5.41, 5.74) is -0.242. The molecule has 0 radical (unpaired) electrons. The van der Waals surface area contributed by atoms with Crippen LogP contribution in [0, 0.1) is 16.7 Å². The van der Waals surface area contributed by atoms with E-state index in [1.54, 1.807) is 0 Å². The molecular weight excluding hydrogens is 300 g/mol. The molecule has 0 aliphatic heterocycles. The van der Waals surface area contributed by atoms with E-state index in [4.69, 9.17) is 0 Å². The zero-order valence-electron chi connectivity index (χ0n) is 15.4. The molecule has 2 N–H and O–H groups in total. The molecule has 3 nitrogen and oxygen atoms in total. The molecule has 0 saturated heterocycles. The van der Waals surface area contributed by atoms with Crippen molar-refractivity contribution in [1.82, 2.24) is 0 Å². The van der Waals surface area contributed by atoms with Gasteiger partial charge in [-0.3, -0.25) is 0 Å². The van der Waals surface area contributed by atoms with Crippen molar-refractivity contribution in [3.05, 3.63) is 53.6 Å². The van der Waals surface area contributed by atoms with Gasteiger partial charge in [0.15, 0.2) is 5.60 Å². The van der Waals surface area contributed by atoms with Crippen molar-refractivity contribution in [2.24, 2.45) is 16.7 Å². The number of hydrogen-bond donors (Lipinski definition) is 2. The molecule has 0 amide bonds. The molecule has 1 aromatic rings. The minimum Gasteiger partial charge on any atom is -0.479 e. The van der Waals surface area contributed by atoms with E-state index in [0.29, 0.717) is 5.57 Å². The van der Waals surface area contributed by atoms with Crippen LogP contribution < -0.4 is 0 Å². The molecule has 0 heterocycles. The van der Waals surface area contributed by atoms with Gasteiger partial charge in [-0.25, -0.2) is 4.79 Å². The topological polar surface area (TPSA) is 57.5 Å². The van der Waals surface area contributed by atoms with Gasteiger partial charge >= 0.3 is 5.97 Å². The molecule has 24 heavy (non-hydrogen) atoms. The number of aliphatic carboxylic acids is 1. The number of hydrogen-bond acceptors (Lipinski definition) is 2. The standard InChI is InChI=1S/C21H28O3/c1-19(2,3)16-12-15(14-10-8-7-9-11-14)13-17(20(4,5)6)21(16,24)18(22)23/h7-13,16,24H,1-6H3,(H,22,23). The van der Waals surface area contributed by atoms with Crippen molar-refractivity contribution in [2.45, 2.75) is 47.1 Å². The lowest BCUT2D eigenvalue weighted by molar-refractivity contribution is -0.163. The highest BCUT2D eigenvalue weighted by molar-refractivity contribution is 5.88. The Bertz CT molecular complexity index is 684. The smallest absolute Gasteiger partial charge is 0.340 e. The Morgan fingerprint density at radius 3 is 2.00 bits per heavy atom. The Labute approximate surface area is 144 Å². The van der Waals surface area contributed by atoms with Gasteiger partial charge in [0.25, 0.3) is 0 Å². The van der Waals surface area contributed by atoms with Gasteiger partial charge in [0.2, 0.25) is 0 Å². The summed E-state index contributed by atoms with van der Waals surface area (Å²) < 4.78 is 0. The summed E-state index contributed by atoms with van der Waals surface area (Å²) in [4.78, 5) is 12.1. The van der Waals surface area contributed by atoms with E-state index >= 15 is 0 Å². The molecule has 2 unspecified atom stereocenters. The van der Waals surface area contributed by atoms with Gasteiger partial charge in [0, 0.05) is 5.92 Å². The first-order chi connectivity index (χ1) is 10.9. The van der Waals surface area contributed by atoms with Crippen molar-refractivity contribution in [2.75, 3.05) is 0 Å². The minimum atomic E-state index is -1.91. The molecular formula is C21H28O3. The van der Waals surface area contributed by atoms with Gasteiger partial charge in [-0.05, 0) is 27.5 Å². The molecule has 3 heteroatoms. The second-order valence-electron chi connectivity index (χ2n) is 8.71. The van der Waals surface area contributed by atoms with Gasteiger partial charge in [0.05, 0.1) is 0 Å². The first-order valence-electron chi connectivity index (χ1n) is 8.34. The Morgan fingerprint density at radius 2 is 1.58 bits per heavy atom. The fraction of sp³-hybridized carbons (Fsp3) is 0.476. The van der Waals surface area contributed by atoms with Crippen LogP contribution in [0.25, 0.3) is 5.57 Å². The Balaban J connectivity index is 2.75. The molecule has 0 aromatic heterocycles. The van der Waals surface area contributed by atoms with Crippen LogP contribution >= 0.6 is 0 Å². The van der Waals surface area contributed by atoms with Crippen molar-refractivity contribution in [3.8, 4) is 0 Å². The van der Waals surface area contributed by atoms with Crippen molar-refractivity contribution < 1.29 is 15.0 Å². The van der Waals surface area contributed by atoms with Crippen LogP contribution in [-0.2, 0) is 4.79 Å². The largest absolute Gasteiger partial charge is 0.479 e. The van der Waals surface area contributed by atoms with Crippen LogP contribution in [-0.4, -0.2) is 21.8 Å². The van der Waals surface area contributed by atoms with E-state index < -0.39 is 28.3 Å². The van der Waals surface area contributed by atoms with Gasteiger partial charge < -0.3 is 10.2 Å². The van der Waals surface area contributed by atoms with Crippen LogP contribution in [0.3, 0.4) is 0 Å². The normalized spacial score (nSPS) is 25.0. The predicted octanol–water partition coefficient (Wildman–Crippen LogP) is 4.53. The number of carboxylic acid groups (broad SMARTS) is 1. The zero-order chi connectivity index (χ0) is 18.3. The van der Waals surface area contributed by atoms with Crippen LogP contribution in [0.15, 0.2) is 48.1 Å². The first-order valence-corrected chi connectivity index (χ1v) is 8.34. The van der Waals surface area contributed by atoms with Gasteiger partial charge in [-0.2, -0.15) is 0 Å². The molecule has 0 saturated carbocycles. The van der Waals surface area contributed by atoms with Gasteiger partial charge in [-0.1, -0.05) is 84.0 Å². The van der Waals surface area contributed by atoms with Crippen LogP contribution in [0.4, 0.5) is 0 Å². The molecule has 1 aliphatic carbocycles. The third kappa shape index (κ3) is 3.18. The monoisotopic (exact) mass is 328 g/mol. The highest BCUT2D eigenvalue weighted by Crippen LogP contribution is 2.50. The Kier molecular flexibility index (Phi) is 4.53. The Hall–Kier alpha value is -1.87. The number of allylic oxidation sites excluding steroid dienone is 2. The van der Waals surface area contributed by atoms with E-state index in [1.165, 1.54) is 0 Å². The summed E-state index contributed by atoms with van der Waals surface area (Å²) in [6, 6.07) is 9.90. The lowest BCUT2D eigenvalue weighted by Crippen LogP contribution is -2.55. The molecule has 2 atom stereocenters. The molecule has 0 fully saturated rings. The maximum atomic E-state index is 12.1. The van der Waals surface area contributed by atoms with Gasteiger partial charge in [0.1, 0.15) is 0 Å². The second-order valence-corrected chi connectivity index (χ2v) is 8.71. The molecule has 1 aromatic carbocycles. The third-order valence-electron chi connectivity index (χ3n) is 4.68. The highest BCUT2D eigenvalue weighted by atomic mass is 16.4. The first kappa shape index (κ1) is 18.5. The maximum Gasteiger partial charge on any atom is 0.340 e. The van der Waals surface area contributed by atoms with E-state index in [0.717, 1.165) is 11.1 Å². The summed E-state index contributed by atoms with van der Waals surface area (Å²) in [5.74, 6) is -1.72. The summed E-state index contributed by atoms with van der Waals surface area (Å²) in [6.07, 6.45) is 3.77. The summed E-state index contributed by atoms with van der Waals surface area (Å²) in [5, 5.41) is 21.2. The fourth-order valence-corrected chi connectivity index (χ4v) is 3.50. The second kappa shape index (κ2) is 5.89. The van der Waals surface area contributed by atoms with E-state index in [9.17, 15) is 15.0 Å². The van der Waals surface area contributed by atoms with E-state index in [-0.39, 0.29) is 0 Å².